The molecule has 0 aliphatic heterocycles. The van der Waals surface area contributed by atoms with Gasteiger partial charge >= 0.3 is 0 Å². The van der Waals surface area contributed by atoms with Crippen LogP contribution in [-0.4, -0.2) is 25.7 Å². The summed E-state index contributed by atoms with van der Waals surface area (Å²) in [6.07, 6.45) is 7.04. The molecule has 0 bridgehead atoms. The highest BCUT2D eigenvalue weighted by atomic mass is 79.9. The number of carbonyl (C=O) groups excluding carboxylic acids is 1. The lowest BCUT2D eigenvalue weighted by atomic mass is 10.2. The fourth-order valence-electron chi connectivity index (χ4n) is 2.18. The second-order valence-corrected chi connectivity index (χ2v) is 6.71. The molecule has 7 heteroatoms. The van der Waals surface area contributed by atoms with Crippen LogP contribution in [-0.2, 0) is 0 Å². The molecule has 23 heavy (non-hydrogen) atoms. The molecule has 0 aromatic carbocycles. The Hall–Kier alpha value is -1.99. The molecule has 4 rings (SSSR count). The third kappa shape index (κ3) is 3.51. The number of ketones is 1. The molecule has 0 unspecified atom stereocenters. The van der Waals surface area contributed by atoms with Gasteiger partial charge in [0.2, 0.25) is 0 Å². The molecule has 0 fully saturated rings. The maximum Gasteiger partial charge on any atom is 0.162 e. The minimum atomic E-state index is 0.0474. The van der Waals surface area contributed by atoms with Crippen LogP contribution in [0.5, 0.6) is 0 Å². The van der Waals surface area contributed by atoms with Gasteiger partial charge in [0.1, 0.15) is 11.3 Å². The van der Waals surface area contributed by atoms with Crippen LogP contribution in [0.15, 0.2) is 51.9 Å². The summed E-state index contributed by atoms with van der Waals surface area (Å²) in [6, 6.07) is 5.90. The van der Waals surface area contributed by atoms with Gasteiger partial charge in [-0.2, -0.15) is 0 Å². The van der Waals surface area contributed by atoms with E-state index in [9.17, 15) is 4.79 Å². The molecule has 0 saturated carbocycles. The van der Waals surface area contributed by atoms with Gasteiger partial charge in [0.25, 0.3) is 0 Å². The highest BCUT2D eigenvalue weighted by molar-refractivity contribution is 9.10. The summed E-state index contributed by atoms with van der Waals surface area (Å²) in [5, 5.41) is 2.00. The highest BCUT2D eigenvalue weighted by Crippen LogP contribution is 2.20. The molecular weight excluding hydrogens is 424 g/mol. The zero-order chi connectivity index (χ0) is 16.4. The summed E-state index contributed by atoms with van der Waals surface area (Å²) in [5.41, 5.74) is 2.36. The lowest BCUT2D eigenvalue weighted by Gasteiger charge is -1.92. The average molecular weight is 436 g/mol. The van der Waals surface area contributed by atoms with Crippen LogP contribution in [0, 0.1) is 0 Å². The van der Waals surface area contributed by atoms with E-state index in [1.54, 1.807) is 25.5 Å². The van der Waals surface area contributed by atoms with E-state index in [0.717, 1.165) is 31.0 Å². The number of hydrogen-bond donors (Lipinski definition) is 2. The predicted octanol–water partition coefficient (Wildman–Crippen LogP) is 4.85. The standard InChI is InChI=1S/C9H7BrN2O.C7H5BrN2/c1-5(13)8-4-12-9-7(8)2-6(10)3-11-9;8-6-3-5-1-2-9-7(5)10-4-6/h2-4H,1H3,(H,11,12);1-4H,(H,9,10). The van der Waals surface area contributed by atoms with Crippen molar-refractivity contribution >= 4 is 59.7 Å². The number of nitrogens with zero attached hydrogens (tertiary/aromatic N) is 2. The van der Waals surface area contributed by atoms with Crippen LogP contribution >= 0.6 is 31.9 Å². The van der Waals surface area contributed by atoms with Crippen molar-refractivity contribution in [2.45, 2.75) is 6.92 Å². The molecule has 0 saturated heterocycles. The van der Waals surface area contributed by atoms with Crippen molar-refractivity contribution in [3.8, 4) is 0 Å². The third-order valence-electron chi connectivity index (χ3n) is 3.24. The Labute approximate surface area is 148 Å². The van der Waals surface area contributed by atoms with Crippen molar-refractivity contribution in [1.29, 1.82) is 0 Å². The molecular formula is C16H12Br2N4O. The molecule has 0 aliphatic rings. The number of rotatable bonds is 1. The molecule has 4 heterocycles. The molecule has 0 radical (unpaired) electrons. The van der Waals surface area contributed by atoms with Crippen molar-refractivity contribution in [3.63, 3.8) is 0 Å². The first kappa shape index (κ1) is 15.9. The van der Waals surface area contributed by atoms with Crippen LogP contribution < -0.4 is 0 Å². The van der Waals surface area contributed by atoms with Crippen LogP contribution in [0.4, 0.5) is 0 Å². The lowest BCUT2D eigenvalue weighted by molar-refractivity contribution is 0.101. The van der Waals surface area contributed by atoms with Crippen molar-refractivity contribution in [3.05, 3.63) is 57.5 Å². The van der Waals surface area contributed by atoms with Crippen molar-refractivity contribution in [2.24, 2.45) is 0 Å². The first-order valence-electron chi connectivity index (χ1n) is 6.77. The summed E-state index contributed by atoms with van der Waals surface area (Å²) in [5.74, 6) is 0.0474. The summed E-state index contributed by atoms with van der Waals surface area (Å²) < 4.78 is 1.89. The van der Waals surface area contributed by atoms with Gasteiger partial charge in [0.05, 0.1) is 0 Å². The van der Waals surface area contributed by atoms with E-state index >= 15 is 0 Å². The number of nitrogens with one attached hydrogen (secondary N) is 2. The van der Waals surface area contributed by atoms with E-state index in [4.69, 9.17) is 0 Å². The fourth-order valence-corrected chi connectivity index (χ4v) is 2.86. The first-order valence-corrected chi connectivity index (χ1v) is 8.35. The van der Waals surface area contributed by atoms with Crippen LogP contribution in [0.3, 0.4) is 0 Å². The Morgan fingerprint density at radius 2 is 1.74 bits per heavy atom. The average Bonchev–Trinajstić information content (AvgIpc) is 3.13. The summed E-state index contributed by atoms with van der Waals surface area (Å²) >= 11 is 6.65. The van der Waals surface area contributed by atoms with E-state index in [1.165, 1.54) is 0 Å². The van der Waals surface area contributed by atoms with Gasteiger partial charge in [-0.25, -0.2) is 9.97 Å². The quantitative estimate of drug-likeness (QED) is 0.419. The van der Waals surface area contributed by atoms with Gasteiger partial charge in [0.15, 0.2) is 5.78 Å². The number of H-pyrrole nitrogens is 2. The number of Topliss-reactive ketones (excluding diaryl/α,β-unsaturated/α-hetero) is 1. The molecule has 116 valence electrons. The Bertz CT molecular complexity index is 990. The van der Waals surface area contributed by atoms with Gasteiger partial charge in [-0.15, -0.1) is 0 Å². The molecule has 0 amide bonds. The largest absolute Gasteiger partial charge is 0.346 e. The number of fused-ring (bicyclic) bond motifs is 2. The number of pyridine rings is 2. The first-order chi connectivity index (χ1) is 11.0. The molecule has 4 aromatic heterocycles. The molecule has 4 aromatic rings. The minimum absolute atomic E-state index is 0.0474. The zero-order valence-corrected chi connectivity index (χ0v) is 15.3. The van der Waals surface area contributed by atoms with E-state index < -0.39 is 0 Å². The summed E-state index contributed by atoms with van der Waals surface area (Å²) in [4.78, 5) is 25.4. The van der Waals surface area contributed by atoms with Gasteiger partial charge in [0, 0.05) is 50.1 Å². The molecule has 0 spiro atoms. The monoisotopic (exact) mass is 434 g/mol. The Kier molecular flexibility index (Phi) is 4.58. The fraction of sp³-hybridized carbons (Fsp3) is 0.0625. The maximum atomic E-state index is 11.2. The van der Waals surface area contributed by atoms with Crippen LogP contribution in [0.25, 0.3) is 22.1 Å². The summed E-state index contributed by atoms with van der Waals surface area (Å²) in [6.45, 7) is 1.55. The Morgan fingerprint density at radius 1 is 1.04 bits per heavy atom. The van der Waals surface area contributed by atoms with E-state index in [-0.39, 0.29) is 5.78 Å². The highest BCUT2D eigenvalue weighted by Gasteiger charge is 2.08. The normalized spacial score (nSPS) is 10.6. The zero-order valence-electron chi connectivity index (χ0n) is 12.1. The smallest absolute Gasteiger partial charge is 0.162 e. The topological polar surface area (TPSA) is 74.4 Å². The van der Waals surface area contributed by atoms with Gasteiger partial charge in [-0.05, 0) is 57.0 Å². The molecule has 0 atom stereocenters. The van der Waals surface area contributed by atoms with Crippen LogP contribution in [0.2, 0.25) is 0 Å². The number of hydrogen-bond acceptors (Lipinski definition) is 3. The van der Waals surface area contributed by atoms with Gasteiger partial charge in [-0.1, -0.05) is 0 Å². The van der Waals surface area contributed by atoms with Crippen molar-refractivity contribution in [2.75, 3.05) is 0 Å². The number of aromatic amines is 2. The molecule has 5 nitrogen and oxygen atoms in total. The maximum absolute atomic E-state index is 11.2. The summed E-state index contributed by atoms with van der Waals surface area (Å²) in [7, 11) is 0. The van der Waals surface area contributed by atoms with Gasteiger partial charge in [-0.3, -0.25) is 4.79 Å². The number of carbonyl (C=O) groups is 1. The lowest BCUT2D eigenvalue weighted by Crippen LogP contribution is -1.88. The number of halogens is 2. The van der Waals surface area contributed by atoms with E-state index in [0.29, 0.717) is 5.56 Å². The predicted molar refractivity (Wildman–Crippen MR) is 97.6 cm³/mol. The number of aromatic nitrogens is 4. The second-order valence-electron chi connectivity index (χ2n) is 4.88. The van der Waals surface area contributed by atoms with Crippen LogP contribution in [0.1, 0.15) is 17.3 Å². The third-order valence-corrected chi connectivity index (χ3v) is 4.11. The SMILES string of the molecule is Brc1cnc2[nH]ccc2c1.CC(=O)c1c[nH]c2ncc(Br)cc12. The van der Waals surface area contributed by atoms with Gasteiger partial charge < -0.3 is 9.97 Å². The second kappa shape index (κ2) is 6.64. The van der Waals surface area contributed by atoms with E-state index in [1.807, 2.05) is 24.4 Å². The van der Waals surface area contributed by atoms with Crippen molar-refractivity contribution < 1.29 is 4.79 Å². The molecule has 0 aliphatic carbocycles. The Morgan fingerprint density at radius 3 is 2.48 bits per heavy atom. The minimum Gasteiger partial charge on any atom is -0.346 e. The van der Waals surface area contributed by atoms with E-state index in [2.05, 4.69) is 51.8 Å². The Balaban J connectivity index is 0.000000140. The molecule has 2 N–H and O–H groups in total. The van der Waals surface area contributed by atoms with Crippen molar-refractivity contribution in [1.82, 2.24) is 19.9 Å².